The van der Waals surface area contributed by atoms with Crippen LogP contribution in [0.3, 0.4) is 0 Å². The maximum absolute atomic E-state index is 4.46. The maximum atomic E-state index is 4.46. The van der Waals surface area contributed by atoms with Crippen LogP contribution in [-0.2, 0) is 0 Å². The summed E-state index contributed by atoms with van der Waals surface area (Å²) >= 11 is 6.99. The van der Waals surface area contributed by atoms with E-state index in [1.807, 2.05) is 24.4 Å². The smallest absolute Gasteiger partial charge is 0.0990 e. The van der Waals surface area contributed by atoms with E-state index < -0.39 is 0 Å². The van der Waals surface area contributed by atoms with Crippen LogP contribution < -0.4 is 0 Å². The Bertz CT molecular complexity index is 426. The molecule has 1 aromatic heterocycles. The van der Waals surface area contributed by atoms with Crippen molar-refractivity contribution < 1.29 is 0 Å². The summed E-state index contributed by atoms with van der Waals surface area (Å²) in [7, 11) is 0. The molecule has 2 rings (SSSR count). The molecule has 0 aliphatic carbocycles. The summed E-state index contributed by atoms with van der Waals surface area (Å²) in [5.74, 6) is 0.344. The normalized spacial score (nSPS) is 25.1. The van der Waals surface area contributed by atoms with E-state index in [1.165, 1.54) is 4.48 Å². The summed E-state index contributed by atoms with van der Waals surface area (Å²) in [6.07, 6.45) is 5.62. The number of nitrogens with zero attached hydrogens (tertiary/aromatic N) is 2. The Kier molecular flexibility index (Phi) is 3.36. The van der Waals surface area contributed by atoms with E-state index in [1.54, 1.807) is 6.20 Å². The van der Waals surface area contributed by atoms with E-state index >= 15 is 0 Å². The highest BCUT2D eigenvalue weighted by atomic mass is 79.9. The molecule has 0 radical (unpaired) electrons. The molecule has 1 aliphatic heterocycles. The Hall–Kier alpha value is -0.480. The van der Waals surface area contributed by atoms with Crippen molar-refractivity contribution in [2.45, 2.75) is 13.0 Å². The van der Waals surface area contributed by atoms with Crippen LogP contribution in [-0.4, -0.2) is 11.2 Å². The fourth-order valence-electron chi connectivity index (χ4n) is 1.55. The highest BCUT2D eigenvalue weighted by Crippen LogP contribution is 2.35. The second-order valence-corrected chi connectivity index (χ2v) is 5.31. The van der Waals surface area contributed by atoms with Crippen molar-refractivity contribution in [3.8, 4) is 0 Å². The third-order valence-corrected chi connectivity index (χ3v) is 3.91. The van der Waals surface area contributed by atoms with Crippen molar-refractivity contribution in [2.24, 2.45) is 10.9 Å². The molecule has 0 amide bonds. The van der Waals surface area contributed by atoms with Crippen LogP contribution in [0.15, 0.2) is 38.4 Å². The fourth-order valence-corrected chi connectivity index (χ4v) is 2.28. The Balaban J connectivity index is 2.33. The lowest BCUT2D eigenvalue weighted by Crippen LogP contribution is -2.12. The van der Waals surface area contributed by atoms with Crippen LogP contribution in [0, 0.1) is 5.92 Å². The molecule has 4 heteroatoms. The molecule has 0 N–H and O–H groups in total. The van der Waals surface area contributed by atoms with Crippen molar-refractivity contribution in [3.63, 3.8) is 0 Å². The van der Waals surface area contributed by atoms with E-state index in [9.17, 15) is 0 Å². The molecule has 2 unspecified atom stereocenters. The second kappa shape index (κ2) is 4.58. The summed E-state index contributed by atoms with van der Waals surface area (Å²) in [4.78, 5) is 8.81. The monoisotopic (exact) mass is 328 g/mol. The van der Waals surface area contributed by atoms with Crippen molar-refractivity contribution in [2.75, 3.05) is 0 Å². The van der Waals surface area contributed by atoms with Crippen LogP contribution in [0.2, 0.25) is 0 Å². The third-order valence-electron chi connectivity index (χ3n) is 2.44. The Labute approximate surface area is 106 Å². The number of hydrogen-bond donors (Lipinski definition) is 0. The molecule has 0 spiro atoms. The van der Waals surface area contributed by atoms with Crippen LogP contribution in [0.5, 0.6) is 0 Å². The van der Waals surface area contributed by atoms with Gasteiger partial charge in [0.1, 0.15) is 0 Å². The molecule has 15 heavy (non-hydrogen) atoms. The topological polar surface area (TPSA) is 25.2 Å². The standard InChI is InChI=1S/C11H10Br2N2/c1-7-9(13)3-5-15-11(7)10-6-8(12)2-4-14-10/h2-7,11H,1H3. The lowest BCUT2D eigenvalue weighted by molar-refractivity contribution is 0.547. The van der Waals surface area contributed by atoms with E-state index in [0.717, 1.165) is 10.2 Å². The number of pyridine rings is 1. The van der Waals surface area contributed by atoms with Crippen molar-refractivity contribution in [3.05, 3.63) is 39.1 Å². The molecule has 2 atom stereocenters. The number of hydrogen-bond acceptors (Lipinski definition) is 2. The zero-order valence-electron chi connectivity index (χ0n) is 8.19. The lowest BCUT2D eigenvalue weighted by atomic mass is 9.97. The van der Waals surface area contributed by atoms with Gasteiger partial charge in [-0.05, 0) is 18.2 Å². The number of aromatic nitrogens is 1. The third kappa shape index (κ3) is 2.37. The second-order valence-electron chi connectivity index (χ2n) is 3.48. The zero-order valence-corrected chi connectivity index (χ0v) is 11.4. The molecule has 0 aromatic carbocycles. The molecule has 2 nitrogen and oxygen atoms in total. The Morgan fingerprint density at radius 3 is 2.87 bits per heavy atom. The summed E-state index contributed by atoms with van der Waals surface area (Å²) in [6, 6.07) is 4.05. The highest BCUT2D eigenvalue weighted by Gasteiger charge is 2.23. The largest absolute Gasteiger partial charge is 0.283 e. The highest BCUT2D eigenvalue weighted by molar-refractivity contribution is 9.11. The summed E-state index contributed by atoms with van der Waals surface area (Å²) in [5, 5.41) is 0. The molecule has 0 saturated heterocycles. The summed E-state index contributed by atoms with van der Waals surface area (Å²) in [5.41, 5.74) is 0.998. The van der Waals surface area contributed by atoms with Gasteiger partial charge in [0.15, 0.2) is 0 Å². The molecular weight excluding hydrogens is 320 g/mol. The van der Waals surface area contributed by atoms with E-state index in [0.29, 0.717) is 5.92 Å². The minimum absolute atomic E-state index is 0.113. The average Bonchev–Trinajstić information content (AvgIpc) is 2.22. The summed E-state index contributed by atoms with van der Waals surface area (Å²) in [6.45, 7) is 2.14. The van der Waals surface area contributed by atoms with Gasteiger partial charge in [-0.15, -0.1) is 0 Å². The SMILES string of the molecule is CC1C(Br)=CC=NC1c1cc(Br)ccn1. The van der Waals surface area contributed by atoms with Crippen molar-refractivity contribution in [1.82, 2.24) is 4.98 Å². The molecule has 1 aromatic rings. The zero-order chi connectivity index (χ0) is 10.8. The number of rotatable bonds is 1. The van der Waals surface area contributed by atoms with Gasteiger partial charge in [0.25, 0.3) is 0 Å². The van der Waals surface area contributed by atoms with Crippen molar-refractivity contribution >= 4 is 38.1 Å². The molecule has 2 heterocycles. The van der Waals surface area contributed by atoms with Crippen LogP contribution in [0.1, 0.15) is 18.7 Å². The molecule has 78 valence electrons. The van der Waals surface area contributed by atoms with E-state index in [4.69, 9.17) is 0 Å². The predicted octanol–water partition coefficient (Wildman–Crippen LogP) is 3.88. The average molecular weight is 330 g/mol. The van der Waals surface area contributed by atoms with E-state index in [-0.39, 0.29) is 6.04 Å². The minimum Gasteiger partial charge on any atom is -0.283 e. The van der Waals surface area contributed by atoms with Gasteiger partial charge in [-0.2, -0.15) is 0 Å². The number of halogens is 2. The number of allylic oxidation sites excluding steroid dienone is 1. The first-order valence-electron chi connectivity index (χ1n) is 4.69. The first-order valence-corrected chi connectivity index (χ1v) is 6.27. The fraction of sp³-hybridized carbons (Fsp3) is 0.273. The first-order chi connectivity index (χ1) is 7.18. The maximum Gasteiger partial charge on any atom is 0.0990 e. The van der Waals surface area contributed by atoms with Gasteiger partial charge in [-0.3, -0.25) is 9.98 Å². The van der Waals surface area contributed by atoms with Crippen LogP contribution in [0.4, 0.5) is 0 Å². The molecule has 0 saturated carbocycles. The van der Waals surface area contributed by atoms with Gasteiger partial charge in [0, 0.05) is 27.3 Å². The molecule has 0 fully saturated rings. The summed E-state index contributed by atoms with van der Waals surface area (Å²) < 4.78 is 2.21. The number of dihydropyridines is 1. The van der Waals surface area contributed by atoms with Gasteiger partial charge in [-0.25, -0.2) is 0 Å². The minimum atomic E-state index is 0.113. The van der Waals surface area contributed by atoms with Crippen molar-refractivity contribution in [1.29, 1.82) is 0 Å². The molecule has 0 bridgehead atoms. The molecular formula is C11H10Br2N2. The Morgan fingerprint density at radius 2 is 2.13 bits per heavy atom. The van der Waals surface area contributed by atoms with Crippen LogP contribution in [0.25, 0.3) is 0 Å². The molecule has 1 aliphatic rings. The van der Waals surface area contributed by atoms with Gasteiger partial charge < -0.3 is 0 Å². The number of aliphatic imine (C=N–C) groups is 1. The first kappa shape index (κ1) is 11.0. The Morgan fingerprint density at radius 1 is 1.33 bits per heavy atom. The van der Waals surface area contributed by atoms with Crippen LogP contribution >= 0.6 is 31.9 Å². The van der Waals surface area contributed by atoms with Gasteiger partial charge >= 0.3 is 0 Å². The van der Waals surface area contributed by atoms with Gasteiger partial charge in [0.05, 0.1) is 11.7 Å². The van der Waals surface area contributed by atoms with Gasteiger partial charge in [-0.1, -0.05) is 38.8 Å². The predicted molar refractivity (Wildman–Crippen MR) is 69.3 cm³/mol. The lowest BCUT2D eigenvalue weighted by Gasteiger charge is -2.22. The van der Waals surface area contributed by atoms with E-state index in [2.05, 4.69) is 48.8 Å². The van der Waals surface area contributed by atoms with Gasteiger partial charge in [0.2, 0.25) is 0 Å². The quantitative estimate of drug-likeness (QED) is 0.767.